The molecule has 4 fully saturated rings. The molecule has 1 saturated heterocycles. The topological polar surface area (TPSA) is 123 Å². The van der Waals surface area contributed by atoms with E-state index in [1.165, 1.54) is 4.90 Å². The number of carbonyl (C=O) groups excluding carboxylic acids is 4. The fourth-order valence-corrected chi connectivity index (χ4v) is 5.21. The minimum absolute atomic E-state index is 0.0159. The van der Waals surface area contributed by atoms with Crippen LogP contribution in [0.15, 0.2) is 18.3 Å². The van der Waals surface area contributed by atoms with Crippen molar-refractivity contribution in [3.63, 3.8) is 0 Å². The highest BCUT2D eigenvalue weighted by atomic mass is 16.5. The Bertz CT molecular complexity index is 929. The highest BCUT2D eigenvalue weighted by Gasteiger charge is 2.60. The number of nitrogens with two attached hydrogens (primary N) is 1. The fraction of sp³-hybridized carbons (Fsp3) is 0.571. The van der Waals surface area contributed by atoms with Crippen LogP contribution in [0.3, 0.4) is 0 Å². The third-order valence-corrected chi connectivity index (χ3v) is 7.09. The van der Waals surface area contributed by atoms with Crippen LogP contribution in [-0.4, -0.2) is 57.2 Å². The minimum Gasteiger partial charge on any atom is -0.474 e. The van der Waals surface area contributed by atoms with Gasteiger partial charge in [0.05, 0.1) is 0 Å². The monoisotopic (exact) mass is 412 g/mol. The molecule has 30 heavy (non-hydrogen) atoms. The number of hydrogen-bond donors (Lipinski definition) is 1. The number of urea groups is 1. The molecule has 5 amide bonds. The number of carbonyl (C=O) groups is 4. The summed E-state index contributed by atoms with van der Waals surface area (Å²) >= 11 is 0. The first-order valence-electron chi connectivity index (χ1n) is 10.5. The van der Waals surface area contributed by atoms with Crippen LogP contribution in [0.1, 0.15) is 55.3 Å². The van der Waals surface area contributed by atoms with Gasteiger partial charge >= 0.3 is 17.8 Å². The van der Waals surface area contributed by atoms with Gasteiger partial charge in [-0.2, -0.15) is 0 Å². The number of aromatic nitrogens is 1. The number of primary amides is 1. The van der Waals surface area contributed by atoms with E-state index in [1.807, 2.05) is 0 Å². The van der Waals surface area contributed by atoms with Crippen molar-refractivity contribution < 1.29 is 23.9 Å². The number of ether oxygens (including phenoxy) is 1. The molecule has 2 N–H and O–H groups in total. The molecule has 1 spiro atoms. The van der Waals surface area contributed by atoms with Gasteiger partial charge in [-0.3, -0.25) is 24.2 Å². The zero-order valence-corrected chi connectivity index (χ0v) is 16.6. The maximum atomic E-state index is 12.7. The number of rotatable bonds is 6. The minimum atomic E-state index is -0.689. The first-order valence-corrected chi connectivity index (χ1v) is 10.5. The average molecular weight is 412 g/mol. The fourth-order valence-electron chi connectivity index (χ4n) is 5.21. The molecule has 3 saturated carbocycles. The van der Waals surface area contributed by atoms with Crippen LogP contribution in [0.25, 0.3) is 0 Å². The normalized spacial score (nSPS) is 30.9. The van der Waals surface area contributed by atoms with E-state index in [-0.39, 0.29) is 29.0 Å². The van der Waals surface area contributed by atoms with Gasteiger partial charge in [0.1, 0.15) is 11.7 Å². The molecule has 1 aliphatic heterocycles. The molecule has 1 aromatic rings. The van der Waals surface area contributed by atoms with Gasteiger partial charge in [-0.25, -0.2) is 9.78 Å². The van der Waals surface area contributed by atoms with Crippen molar-refractivity contribution in [2.24, 2.45) is 17.1 Å². The number of imide groups is 2. The first-order chi connectivity index (χ1) is 14.4. The summed E-state index contributed by atoms with van der Waals surface area (Å²) in [6.45, 7) is 0.361. The van der Waals surface area contributed by atoms with E-state index < -0.39 is 23.8 Å². The van der Waals surface area contributed by atoms with Gasteiger partial charge in [0.25, 0.3) is 5.91 Å². The summed E-state index contributed by atoms with van der Waals surface area (Å²) in [4.78, 5) is 55.3. The van der Waals surface area contributed by atoms with Crippen LogP contribution >= 0.6 is 0 Å². The second-order valence-electron chi connectivity index (χ2n) is 9.10. The number of amides is 5. The molecule has 0 unspecified atom stereocenters. The second-order valence-corrected chi connectivity index (χ2v) is 9.10. The molecule has 9 nitrogen and oxygen atoms in total. The van der Waals surface area contributed by atoms with Crippen LogP contribution in [0.5, 0.6) is 5.88 Å². The van der Waals surface area contributed by atoms with Crippen molar-refractivity contribution in [2.75, 3.05) is 6.54 Å². The Balaban J connectivity index is 1.17. The zero-order valence-electron chi connectivity index (χ0n) is 16.6. The third kappa shape index (κ3) is 2.95. The molecular weight excluding hydrogens is 388 g/mol. The standard InChI is InChI=1S/C21H24N4O5/c22-16(26)15-5-2-6-23-17(15)30-14-9-21(10-14)7-13(8-21)25-19(28)18(27)24(20(25)29)11-12-3-1-4-12/h2,5-6,12-14H,1,3-4,7-11H2,(H2,22,26)/t13-,14-,21?. The first kappa shape index (κ1) is 19.0. The molecule has 0 bridgehead atoms. The summed E-state index contributed by atoms with van der Waals surface area (Å²) in [5.74, 6) is -1.39. The lowest BCUT2D eigenvalue weighted by molar-refractivity contribution is -0.149. The average Bonchev–Trinajstić information content (AvgIpc) is 2.82. The highest BCUT2D eigenvalue weighted by Crippen LogP contribution is 2.58. The Hall–Kier alpha value is -2.97. The molecule has 5 rings (SSSR count). The van der Waals surface area contributed by atoms with Crippen LogP contribution in [-0.2, 0) is 9.59 Å². The summed E-state index contributed by atoms with van der Waals surface area (Å²) in [5, 5.41) is 0. The molecule has 0 radical (unpaired) electrons. The second kappa shape index (κ2) is 6.78. The summed E-state index contributed by atoms with van der Waals surface area (Å²) in [7, 11) is 0. The van der Waals surface area contributed by atoms with Gasteiger partial charge < -0.3 is 10.5 Å². The maximum absolute atomic E-state index is 12.7. The highest BCUT2D eigenvalue weighted by molar-refractivity contribution is 6.44. The third-order valence-electron chi connectivity index (χ3n) is 7.09. The molecule has 2 heterocycles. The Kier molecular flexibility index (Phi) is 4.30. The van der Waals surface area contributed by atoms with Crippen LogP contribution in [0, 0.1) is 11.3 Å². The van der Waals surface area contributed by atoms with Gasteiger partial charge in [-0.05, 0) is 62.0 Å². The van der Waals surface area contributed by atoms with Crippen molar-refractivity contribution in [1.29, 1.82) is 0 Å². The van der Waals surface area contributed by atoms with Crippen molar-refractivity contribution in [1.82, 2.24) is 14.8 Å². The lowest BCUT2D eigenvalue weighted by atomic mass is 9.52. The maximum Gasteiger partial charge on any atom is 0.334 e. The molecular formula is C21H24N4O5. The van der Waals surface area contributed by atoms with Crippen LogP contribution in [0.2, 0.25) is 0 Å². The predicted octanol–water partition coefficient (Wildman–Crippen LogP) is 1.46. The Morgan fingerprint density at radius 2 is 1.90 bits per heavy atom. The molecule has 9 heteroatoms. The predicted molar refractivity (Wildman–Crippen MR) is 103 cm³/mol. The largest absolute Gasteiger partial charge is 0.474 e. The number of pyridine rings is 1. The Labute approximate surface area is 173 Å². The van der Waals surface area contributed by atoms with E-state index in [2.05, 4.69) is 4.98 Å². The molecule has 1 aromatic heterocycles. The van der Waals surface area contributed by atoms with Gasteiger partial charge in [-0.15, -0.1) is 0 Å². The van der Waals surface area contributed by atoms with E-state index in [9.17, 15) is 19.2 Å². The van der Waals surface area contributed by atoms with E-state index in [1.54, 1.807) is 18.3 Å². The Morgan fingerprint density at radius 1 is 1.17 bits per heavy atom. The summed E-state index contributed by atoms with van der Waals surface area (Å²) in [5.41, 5.74) is 5.63. The molecule has 0 aromatic carbocycles. The molecule has 158 valence electrons. The zero-order chi connectivity index (χ0) is 21.0. The molecule has 0 atom stereocenters. The van der Waals surface area contributed by atoms with Gasteiger partial charge in [0, 0.05) is 18.8 Å². The molecule has 4 aliphatic rings. The van der Waals surface area contributed by atoms with Gasteiger partial charge in [0.15, 0.2) is 0 Å². The van der Waals surface area contributed by atoms with Crippen molar-refractivity contribution >= 4 is 23.8 Å². The van der Waals surface area contributed by atoms with Crippen molar-refractivity contribution in [3.05, 3.63) is 23.9 Å². The van der Waals surface area contributed by atoms with Crippen molar-refractivity contribution in [3.8, 4) is 5.88 Å². The lowest BCUT2D eigenvalue weighted by Gasteiger charge is -2.58. The van der Waals surface area contributed by atoms with Gasteiger partial charge in [-0.1, -0.05) is 6.42 Å². The van der Waals surface area contributed by atoms with Gasteiger partial charge in [0.2, 0.25) is 5.88 Å². The van der Waals surface area contributed by atoms with E-state index in [0.717, 1.165) is 37.0 Å². The van der Waals surface area contributed by atoms with Crippen LogP contribution < -0.4 is 10.5 Å². The summed E-state index contributed by atoms with van der Waals surface area (Å²) < 4.78 is 5.85. The smallest absolute Gasteiger partial charge is 0.334 e. The van der Waals surface area contributed by atoms with Crippen LogP contribution in [0.4, 0.5) is 4.79 Å². The number of nitrogens with zero attached hydrogens (tertiary/aromatic N) is 3. The van der Waals surface area contributed by atoms with Crippen molar-refractivity contribution in [2.45, 2.75) is 57.1 Å². The molecule has 3 aliphatic carbocycles. The lowest BCUT2D eigenvalue weighted by Crippen LogP contribution is -2.60. The number of hydrogen-bond acceptors (Lipinski definition) is 6. The Morgan fingerprint density at radius 3 is 2.53 bits per heavy atom. The van der Waals surface area contributed by atoms with E-state index >= 15 is 0 Å². The summed E-state index contributed by atoms with van der Waals surface area (Å²) in [6.07, 6.45) is 7.47. The quantitative estimate of drug-likeness (QED) is 0.557. The van der Waals surface area contributed by atoms with E-state index in [0.29, 0.717) is 25.3 Å². The summed E-state index contributed by atoms with van der Waals surface area (Å²) in [6, 6.07) is 2.53. The van der Waals surface area contributed by atoms with E-state index in [4.69, 9.17) is 10.5 Å². The SMILES string of the molecule is NC(=O)c1cccnc1O[C@H]1CC2(C1)C[C@H](N1C(=O)C(=O)N(CC3CCC3)C1=O)C2.